The molecule has 0 unspecified atom stereocenters. The summed E-state index contributed by atoms with van der Waals surface area (Å²) >= 11 is 1.60. The molecule has 1 N–H and O–H groups in total. The number of nitrogens with one attached hydrogen (secondary N) is 1. The van der Waals surface area contributed by atoms with Crippen molar-refractivity contribution in [1.29, 1.82) is 0 Å². The van der Waals surface area contributed by atoms with Crippen molar-refractivity contribution in [2.24, 2.45) is 0 Å². The number of amides is 1. The van der Waals surface area contributed by atoms with E-state index in [9.17, 15) is 4.79 Å². The number of carbonyl (C=O) groups is 1. The molecular weight excluding hydrogens is 282 g/mol. The van der Waals surface area contributed by atoms with Gasteiger partial charge in [-0.15, -0.1) is 11.3 Å². The average molecular weight is 299 g/mol. The second-order valence-electron chi connectivity index (χ2n) is 4.81. The summed E-state index contributed by atoms with van der Waals surface area (Å²) in [5, 5.41) is 10.6. The number of rotatable bonds is 5. The van der Waals surface area contributed by atoms with E-state index in [0.29, 0.717) is 13.0 Å². The first-order valence-electron chi connectivity index (χ1n) is 7.01. The number of hydrogen-bond acceptors (Lipinski definition) is 3. The lowest BCUT2D eigenvalue weighted by molar-refractivity contribution is -0.120. The van der Waals surface area contributed by atoms with E-state index in [1.807, 2.05) is 34.3 Å². The van der Waals surface area contributed by atoms with Crippen LogP contribution in [0.4, 0.5) is 0 Å². The third-order valence-electron chi connectivity index (χ3n) is 3.40. The third-order valence-corrected chi connectivity index (χ3v) is 4.28. The number of thiophene rings is 1. The number of benzene rings is 1. The molecule has 0 radical (unpaired) electrons. The van der Waals surface area contributed by atoms with E-state index in [2.05, 4.69) is 29.5 Å². The van der Waals surface area contributed by atoms with Crippen molar-refractivity contribution in [1.82, 2.24) is 15.1 Å². The summed E-state index contributed by atoms with van der Waals surface area (Å²) in [7, 11) is 0. The number of fused-ring (bicyclic) bond motifs is 1. The van der Waals surface area contributed by atoms with E-state index in [0.717, 1.165) is 28.0 Å². The summed E-state index contributed by atoms with van der Waals surface area (Å²) in [6, 6.07) is 12.1. The Hall–Kier alpha value is -2.14. The van der Waals surface area contributed by atoms with Crippen molar-refractivity contribution in [3.05, 3.63) is 52.3 Å². The minimum absolute atomic E-state index is 0.0348. The molecule has 0 bridgehead atoms. The highest BCUT2D eigenvalue weighted by Gasteiger charge is 2.10. The molecule has 5 heteroatoms. The van der Waals surface area contributed by atoms with Gasteiger partial charge in [-0.25, -0.2) is 0 Å². The molecule has 2 heterocycles. The number of aryl methyl sites for hydroxylation is 1. The molecule has 0 fully saturated rings. The summed E-state index contributed by atoms with van der Waals surface area (Å²) in [6.45, 7) is 3.36. The Morgan fingerprint density at radius 1 is 1.29 bits per heavy atom. The summed E-state index contributed by atoms with van der Waals surface area (Å²) in [5.41, 5.74) is 2.04. The fraction of sp³-hybridized carbons (Fsp3) is 0.250. The number of hydrogen-bond donors (Lipinski definition) is 1. The molecule has 3 rings (SSSR count). The number of aromatic nitrogens is 2. The van der Waals surface area contributed by atoms with Gasteiger partial charge in [-0.1, -0.05) is 24.3 Å². The molecule has 0 aliphatic heterocycles. The van der Waals surface area contributed by atoms with Gasteiger partial charge in [0.05, 0.1) is 24.2 Å². The zero-order valence-corrected chi connectivity index (χ0v) is 12.7. The molecule has 0 saturated carbocycles. The topological polar surface area (TPSA) is 46.9 Å². The summed E-state index contributed by atoms with van der Waals surface area (Å²) in [6.07, 6.45) is 0.435. The van der Waals surface area contributed by atoms with Crippen LogP contribution in [0.2, 0.25) is 0 Å². The molecule has 21 heavy (non-hydrogen) atoms. The lowest BCUT2D eigenvalue weighted by Gasteiger charge is -2.02. The van der Waals surface area contributed by atoms with Gasteiger partial charge in [0.2, 0.25) is 5.91 Å². The molecule has 2 aromatic heterocycles. The van der Waals surface area contributed by atoms with Gasteiger partial charge >= 0.3 is 0 Å². The predicted molar refractivity (Wildman–Crippen MR) is 85.3 cm³/mol. The lowest BCUT2D eigenvalue weighted by Crippen LogP contribution is -2.24. The van der Waals surface area contributed by atoms with Gasteiger partial charge in [-0.05, 0) is 24.4 Å². The maximum absolute atomic E-state index is 12.0. The van der Waals surface area contributed by atoms with Gasteiger partial charge in [-0.2, -0.15) is 5.10 Å². The molecule has 0 aliphatic rings. The Balaban J connectivity index is 1.72. The van der Waals surface area contributed by atoms with Crippen LogP contribution in [0.3, 0.4) is 0 Å². The van der Waals surface area contributed by atoms with Crippen molar-refractivity contribution in [2.75, 3.05) is 0 Å². The van der Waals surface area contributed by atoms with E-state index in [4.69, 9.17) is 0 Å². The standard InChI is InChI=1S/C16H17N3OS/c1-2-19-15-8-4-3-7-13(15)14(18-19)11-17-16(20)10-12-6-5-9-21-12/h3-9H,2,10-11H2,1H3,(H,17,20). The van der Waals surface area contributed by atoms with Crippen LogP contribution in [0, 0.1) is 0 Å². The Kier molecular flexibility index (Phi) is 4.01. The van der Waals surface area contributed by atoms with Crippen LogP contribution >= 0.6 is 11.3 Å². The molecule has 3 aromatic rings. The number of nitrogens with zero attached hydrogens (tertiary/aromatic N) is 2. The molecule has 0 spiro atoms. The third kappa shape index (κ3) is 2.97. The Bertz CT molecular complexity index is 746. The minimum Gasteiger partial charge on any atom is -0.350 e. The monoisotopic (exact) mass is 299 g/mol. The average Bonchev–Trinajstić information content (AvgIpc) is 3.12. The predicted octanol–water partition coefficient (Wildman–Crippen LogP) is 2.98. The van der Waals surface area contributed by atoms with Crippen LogP contribution in [0.5, 0.6) is 0 Å². The Morgan fingerprint density at radius 3 is 2.90 bits per heavy atom. The summed E-state index contributed by atoms with van der Waals surface area (Å²) < 4.78 is 1.97. The van der Waals surface area contributed by atoms with Gasteiger partial charge in [0.1, 0.15) is 0 Å². The number of para-hydroxylation sites is 1. The summed E-state index contributed by atoms with van der Waals surface area (Å²) in [5.74, 6) is 0.0348. The smallest absolute Gasteiger partial charge is 0.225 e. The van der Waals surface area contributed by atoms with Crippen LogP contribution in [-0.4, -0.2) is 15.7 Å². The first-order valence-corrected chi connectivity index (χ1v) is 7.89. The Labute approximate surface area is 127 Å². The van der Waals surface area contributed by atoms with Gasteiger partial charge in [-0.3, -0.25) is 9.48 Å². The van der Waals surface area contributed by atoms with Crippen LogP contribution in [-0.2, 0) is 24.3 Å². The van der Waals surface area contributed by atoms with E-state index < -0.39 is 0 Å². The molecule has 108 valence electrons. The molecule has 4 nitrogen and oxygen atoms in total. The quantitative estimate of drug-likeness (QED) is 0.787. The molecule has 1 amide bonds. The van der Waals surface area contributed by atoms with Gasteiger partial charge in [0, 0.05) is 16.8 Å². The van der Waals surface area contributed by atoms with Crippen molar-refractivity contribution >= 4 is 28.1 Å². The highest BCUT2D eigenvalue weighted by atomic mass is 32.1. The molecular formula is C16H17N3OS. The van der Waals surface area contributed by atoms with Crippen molar-refractivity contribution < 1.29 is 4.79 Å². The van der Waals surface area contributed by atoms with E-state index >= 15 is 0 Å². The normalized spacial score (nSPS) is 10.9. The SMILES string of the molecule is CCn1nc(CNC(=O)Cc2cccs2)c2ccccc21. The lowest BCUT2D eigenvalue weighted by atomic mass is 10.2. The Morgan fingerprint density at radius 2 is 2.14 bits per heavy atom. The molecule has 1 aromatic carbocycles. The highest BCUT2D eigenvalue weighted by molar-refractivity contribution is 7.10. The fourth-order valence-corrected chi connectivity index (χ4v) is 3.09. The van der Waals surface area contributed by atoms with Gasteiger partial charge in [0.15, 0.2) is 0 Å². The second-order valence-corrected chi connectivity index (χ2v) is 5.84. The molecule has 0 atom stereocenters. The molecule has 0 aliphatic carbocycles. The zero-order valence-electron chi connectivity index (χ0n) is 11.9. The number of carbonyl (C=O) groups excluding carboxylic acids is 1. The highest BCUT2D eigenvalue weighted by Crippen LogP contribution is 2.18. The molecule has 0 saturated heterocycles. The fourth-order valence-electron chi connectivity index (χ4n) is 2.38. The zero-order chi connectivity index (χ0) is 14.7. The van der Waals surface area contributed by atoms with E-state index in [1.54, 1.807) is 11.3 Å². The van der Waals surface area contributed by atoms with Crippen LogP contribution in [0.15, 0.2) is 41.8 Å². The van der Waals surface area contributed by atoms with Crippen LogP contribution in [0.1, 0.15) is 17.5 Å². The van der Waals surface area contributed by atoms with Crippen molar-refractivity contribution in [3.8, 4) is 0 Å². The van der Waals surface area contributed by atoms with Crippen LogP contribution in [0.25, 0.3) is 10.9 Å². The van der Waals surface area contributed by atoms with Crippen LogP contribution < -0.4 is 5.32 Å². The first kappa shape index (κ1) is 13.8. The maximum Gasteiger partial charge on any atom is 0.225 e. The minimum atomic E-state index is 0.0348. The van der Waals surface area contributed by atoms with E-state index in [1.165, 1.54) is 0 Å². The van der Waals surface area contributed by atoms with E-state index in [-0.39, 0.29) is 5.91 Å². The van der Waals surface area contributed by atoms with Crippen molar-refractivity contribution in [3.63, 3.8) is 0 Å². The maximum atomic E-state index is 12.0. The van der Waals surface area contributed by atoms with Gasteiger partial charge in [0.25, 0.3) is 0 Å². The van der Waals surface area contributed by atoms with Crippen molar-refractivity contribution in [2.45, 2.75) is 26.4 Å². The largest absolute Gasteiger partial charge is 0.350 e. The second kappa shape index (κ2) is 6.10. The summed E-state index contributed by atoms with van der Waals surface area (Å²) in [4.78, 5) is 13.0. The first-order chi connectivity index (χ1) is 10.3. The van der Waals surface area contributed by atoms with Gasteiger partial charge < -0.3 is 5.32 Å².